The van der Waals surface area contributed by atoms with Gasteiger partial charge in [-0.3, -0.25) is 0 Å². The Hall–Kier alpha value is -0.0200. The van der Waals surface area contributed by atoms with E-state index in [1.807, 2.05) is 0 Å². The molecule has 1 aromatic rings. The summed E-state index contributed by atoms with van der Waals surface area (Å²) in [5.41, 5.74) is 0. The van der Waals surface area contributed by atoms with Gasteiger partial charge in [0.2, 0.25) is 0 Å². The number of rotatable bonds is 1. The predicted molar refractivity (Wildman–Crippen MR) is 37.3 cm³/mol. The highest BCUT2D eigenvalue weighted by molar-refractivity contribution is 8.00. The van der Waals surface area contributed by atoms with E-state index in [2.05, 4.69) is 29.4 Å². The highest BCUT2D eigenvalue weighted by atomic mass is 32.2. The maximum atomic E-state index is 2.12. The van der Waals surface area contributed by atoms with Gasteiger partial charge in [-0.15, -0.1) is 0 Å². The lowest BCUT2D eigenvalue weighted by Crippen LogP contribution is -2.25. The van der Waals surface area contributed by atoms with Gasteiger partial charge in [0.1, 0.15) is 7.05 Å². The van der Waals surface area contributed by atoms with Gasteiger partial charge in [0.05, 0.1) is 5.38 Å². The monoisotopic (exact) mass is 146 g/mol. The summed E-state index contributed by atoms with van der Waals surface area (Å²) in [5, 5.41) is 2.09. The van der Waals surface area contributed by atoms with Crippen molar-refractivity contribution in [2.24, 2.45) is 7.05 Å². The fourth-order valence-electron chi connectivity index (χ4n) is 0.516. The van der Waals surface area contributed by atoms with E-state index in [0.29, 0.717) is 0 Å². The summed E-state index contributed by atoms with van der Waals surface area (Å²) in [7, 11) is 2.06. The molecule has 1 heterocycles. The van der Waals surface area contributed by atoms with Gasteiger partial charge in [0, 0.05) is 0 Å². The predicted octanol–water partition coefficient (Wildman–Crippen LogP) is 1.29. The van der Waals surface area contributed by atoms with Crippen LogP contribution >= 0.6 is 23.1 Å². The van der Waals surface area contributed by atoms with Crippen molar-refractivity contribution in [1.29, 1.82) is 0 Å². The van der Waals surface area contributed by atoms with Gasteiger partial charge in [0.15, 0.2) is 6.20 Å². The van der Waals surface area contributed by atoms with Crippen molar-refractivity contribution in [1.82, 2.24) is 0 Å². The molecule has 0 unspecified atom stereocenters. The molecule has 1 rings (SSSR count). The van der Waals surface area contributed by atoms with Crippen LogP contribution in [0.3, 0.4) is 0 Å². The fourth-order valence-corrected chi connectivity index (χ4v) is 2.00. The number of nitrogens with zero attached hydrogens (tertiary/aromatic N) is 1. The summed E-state index contributed by atoms with van der Waals surface area (Å²) < 4.78 is 3.47. The molecule has 0 amide bonds. The number of thioether (sulfide) groups is 1. The van der Waals surface area contributed by atoms with E-state index in [0.717, 1.165) is 0 Å². The Labute approximate surface area is 57.4 Å². The molecule has 0 atom stereocenters. The molecule has 1 aromatic heterocycles. The molecule has 0 fully saturated rings. The number of hydrogen-bond donors (Lipinski definition) is 0. The van der Waals surface area contributed by atoms with Crippen molar-refractivity contribution in [3.63, 3.8) is 0 Å². The Morgan fingerprint density at radius 1 is 1.75 bits per heavy atom. The highest BCUT2D eigenvalue weighted by Gasteiger charge is 2.02. The van der Waals surface area contributed by atoms with E-state index in [1.165, 1.54) is 4.34 Å². The molecule has 0 bridgehead atoms. The van der Waals surface area contributed by atoms with Crippen LogP contribution in [0.5, 0.6) is 0 Å². The number of aromatic nitrogens is 1. The lowest BCUT2D eigenvalue weighted by molar-refractivity contribution is -0.702. The fraction of sp³-hybridized carbons (Fsp3) is 0.400. The molecule has 0 saturated heterocycles. The van der Waals surface area contributed by atoms with Crippen molar-refractivity contribution in [3.8, 4) is 0 Å². The van der Waals surface area contributed by atoms with E-state index in [9.17, 15) is 0 Å². The second-order valence-corrected chi connectivity index (χ2v) is 3.43. The minimum absolute atomic E-state index is 1.35. The Morgan fingerprint density at radius 3 is 2.75 bits per heavy atom. The van der Waals surface area contributed by atoms with Crippen molar-refractivity contribution >= 4 is 23.1 Å². The van der Waals surface area contributed by atoms with Gasteiger partial charge in [-0.25, -0.2) is 0 Å². The topological polar surface area (TPSA) is 3.88 Å². The van der Waals surface area contributed by atoms with Crippen LogP contribution in [0.15, 0.2) is 15.9 Å². The van der Waals surface area contributed by atoms with Crippen LogP contribution in [-0.4, -0.2) is 6.26 Å². The average Bonchev–Trinajstić information content (AvgIpc) is 2.14. The molecule has 0 aliphatic rings. The van der Waals surface area contributed by atoms with Gasteiger partial charge >= 0.3 is 0 Å². The normalized spacial score (nSPS) is 9.75. The van der Waals surface area contributed by atoms with E-state index >= 15 is 0 Å². The van der Waals surface area contributed by atoms with Crippen LogP contribution in [0.25, 0.3) is 0 Å². The van der Waals surface area contributed by atoms with Gasteiger partial charge in [0.25, 0.3) is 4.34 Å². The van der Waals surface area contributed by atoms with Crippen LogP contribution in [0.2, 0.25) is 0 Å². The molecule has 1 nitrogen and oxygen atoms in total. The van der Waals surface area contributed by atoms with E-state index in [-0.39, 0.29) is 0 Å². The third-order valence-corrected chi connectivity index (χ3v) is 3.09. The zero-order valence-corrected chi connectivity index (χ0v) is 6.55. The number of thiazole rings is 1. The zero-order chi connectivity index (χ0) is 5.98. The van der Waals surface area contributed by atoms with Crippen LogP contribution in [-0.2, 0) is 7.05 Å². The van der Waals surface area contributed by atoms with Crippen molar-refractivity contribution in [3.05, 3.63) is 11.6 Å². The Balaban J connectivity index is 2.92. The van der Waals surface area contributed by atoms with E-state index in [1.54, 1.807) is 23.1 Å². The molecule has 0 aromatic carbocycles. The third-order valence-electron chi connectivity index (χ3n) is 0.916. The Kier molecular flexibility index (Phi) is 1.91. The van der Waals surface area contributed by atoms with Gasteiger partial charge in [-0.2, -0.15) is 4.57 Å². The minimum atomic E-state index is 1.35. The van der Waals surface area contributed by atoms with Crippen molar-refractivity contribution < 1.29 is 4.57 Å². The Morgan fingerprint density at radius 2 is 2.50 bits per heavy atom. The molecule has 44 valence electrons. The summed E-state index contributed by atoms with van der Waals surface area (Å²) in [6.45, 7) is 0. The lowest BCUT2D eigenvalue weighted by Gasteiger charge is -1.80. The molecule has 0 saturated carbocycles. The molecular formula is C5H8NS2+. The first-order valence-corrected chi connectivity index (χ1v) is 4.42. The van der Waals surface area contributed by atoms with Crippen LogP contribution in [0.1, 0.15) is 0 Å². The van der Waals surface area contributed by atoms with Crippen molar-refractivity contribution in [2.75, 3.05) is 6.26 Å². The summed E-state index contributed by atoms with van der Waals surface area (Å²) in [6.07, 6.45) is 4.16. The Bertz CT molecular complexity index is 171. The largest absolute Gasteiger partial charge is 0.296 e. The SMILES string of the molecule is CSc1scc[n+]1C. The third kappa shape index (κ3) is 1.03. The molecule has 0 spiro atoms. The first-order chi connectivity index (χ1) is 3.84. The quantitative estimate of drug-likeness (QED) is 0.426. The van der Waals surface area contributed by atoms with E-state index < -0.39 is 0 Å². The lowest BCUT2D eigenvalue weighted by atomic mass is 10.9. The number of aryl methyl sites for hydroxylation is 1. The van der Waals surface area contributed by atoms with Gasteiger partial charge in [-0.1, -0.05) is 11.3 Å². The summed E-state index contributed by atoms with van der Waals surface area (Å²) in [4.78, 5) is 0. The molecule has 0 radical (unpaired) electrons. The number of hydrogen-bond acceptors (Lipinski definition) is 2. The minimum Gasteiger partial charge on any atom is -0.186 e. The molecule has 3 heteroatoms. The summed E-state index contributed by atoms with van der Waals surface area (Å²) in [5.74, 6) is 0. The maximum Gasteiger partial charge on any atom is 0.296 e. The van der Waals surface area contributed by atoms with Crippen LogP contribution in [0, 0.1) is 0 Å². The second-order valence-electron chi connectivity index (χ2n) is 1.48. The highest BCUT2D eigenvalue weighted by Crippen LogP contribution is 2.13. The molecule has 8 heavy (non-hydrogen) atoms. The summed E-state index contributed by atoms with van der Waals surface area (Å²) >= 11 is 3.56. The first kappa shape index (κ1) is 6.11. The van der Waals surface area contributed by atoms with Gasteiger partial charge < -0.3 is 0 Å². The molecule has 0 N–H and O–H groups in total. The maximum absolute atomic E-state index is 2.12. The molecule has 0 aliphatic heterocycles. The summed E-state index contributed by atoms with van der Waals surface area (Å²) in [6, 6.07) is 0. The zero-order valence-electron chi connectivity index (χ0n) is 4.92. The standard InChI is InChI=1S/C5H8NS2/c1-6-3-4-8-5(6)7-2/h3-4H,1-2H3/q+1. The molecular weight excluding hydrogens is 138 g/mol. The van der Waals surface area contributed by atoms with Crippen LogP contribution < -0.4 is 4.57 Å². The van der Waals surface area contributed by atoms with Crippen molar-refractivity contribution in [2.45, 2.75) is 4.34 Å². The average molecular weight is 146 g/mol. The smallest absolute Gasteiger partial charge is 0.186 e. The molecule has 0 aliphatic carbocycles. The van der Waals surface area contributed by atoms with E-state index in [4.69, 9.17) is 0 Å². The van der Waals surface area contributed by atoms with Crippen LogP contribution in [0.4, 0.5) is 0 Å². The van der Waals surface area contributed by atoms with Gasteiger partial charge in [-0.05, 0) is 18.0 Å². The second kappa shape index (κ2) is 2.51. The first-order valence-electron chi connectivity index (χ1n) is 2.31.